The van der Waals surface area contributed by atoms with E-state index in [0.717, 1.165) is 31.9 Å². The largest absolute Gasteiger partial charge is 0.383 e. The first kappa shape index (κ1) is 12.5. The molecule has 0 spiro atoms. The standard InChI is InChI=1S/C12H16IN3O/c1-9-2-3-10(8-11(9)13)14-4-6-16-7-5-15-12(16)17/h2-3,8,14H,4-7H2,1H3,(H,15,17). The Bertz CT molecular complexity index is 422. The third-order valence-corrected chi connectivity index (χ3v) is 3.99. The van der Waals surface area contributed by atoms with Crippen LogP contribution in [0.25, 0.3) is 0 Å². The first-order valence-electron chi connectivity index (χ1n) is 5.69. The van der Waals surface area contributed by atoms with E-state index in [9.17, 15) is 4.79 Å². The number of carbonyl (C=O) groups is 1. The number of rotatable bonds is 4. The molecule has 0 unspecified atom stereocenters. The maximum absolute atomic E-state index is 11.3. The smallest absolute Gasteiger partial charge is 0.317 e. The van der Waals surface area contributed by atoms with Crippen LogP contribution >= 0.6 is 22.6 Å². The van der Waals surface area contributed by atoms with Gasteiger partial charge >= 0.3 is 6.03 Å². The van der Waals surface area contributed by atoms with Gasteiger partial charge < -0.3 is 15.5 Å². The molecular weight excluding hydrogens is 329 g/mol. The number of nitrogens with one attached hydrogen (secondary N) is 2. The lowest BCUT2D eigenvalue weighted by atomic mass is 10.2. The van der Waals surface area contributed by atoms with Crippen LogP contribution in [-0.4, -0.2) is 37.1 Å². The highest BCUT2D eigenvalue weighted by Crippen LogP contribution is 2.16. The topological polar surface area (TPSA) is 44.4 Å². The van der Waals surface area contributed by atoms with Crippen molar-refractivity contribution in [2.24, 2.45) is 0 Å². The summed E-state index contributed by atoms with van der Waals surface area (Å²) in [6.07, 6.45) is 0. The summed E-state index contributed by atoms with van der Waals surface area (Å²) in [5.41, 5.74) is 2.40. The zero-order valence-electron chi connectivity index (χ0n) is 9.79. The van der Waals surface area contributed by atoms with Crippen LogP contribution in [-0.2, 0) is 0 Å². The molecule has 1 aliphatic heterocycles. The van der Waals surface area contributed by atoms with Crippen LogP contribution in [0.1, 0.15) is 5.56 Å². The summed E-state index contributed by atoms with van der Waals surface area (Å²) in [5.74, 6) is 0. The first-order chi connectivity index (χ1) is 8.16. The third kappa shape index (κ3) is 3.24. The highest BCUT2D eigenvalue weighted by Gasteiger charge is 2.18. The number of amides is 2. The van der Waals surface area contributed by atoms with Gasteiger partial charge in [0.25, 0.3) is 0 Å². The van der Waals surface area contributed by atoms with Crippen LogP contribution < -0.4 is 10.6 Å². The second-order valence-electron chi connectivity index (χ2n) is 4.11. The molecule has 0 radical (unpaired) electrons. The Hall–Kier alpha value is -0.980. The number of anilines is 1. The van der Waals surface area contributed by atoms with Gasteiger partial charge in [-0.2, -0.15) is 0 Å². The van der Waals surface area contributed by atoms with Crippen molar-refractivity contribution >= 4 is 34.3 Å². The zero-order chi connectivity index (χ0) is 12.3. The Kier molecular flexibility index (Phi) is 4.09. The molecule has 1 saturated heterocycles. The lowest BCUT2D eigenvalue weighted by Crippen LogP contribution is -2.32. The summed E-state index contributed by atoms with van der Waals surface area (Å²) in [6, 6.07) is 6.35. The highest BCUT2D eigenvalue weighted by molar-refractivity contribution is 14.1. The minimum Gasteiger partial charge on any atom is -0.383 e. The Morgan fingerprint density at radius 2 is 2.35 bits per heavy atom. The molecule has 0 aliphatic carbocycles. The van der Waals surface area contributed by atoms with Gasteiger partial charge in [0.1, 0.15) is 0 Å². The third-order valence-electron chi connectivity index (χ3n) is 2.83. The van der Waals surface area contributed by atoms with Crippen LogP contribution in [0.4, 0.5) is 10.5 Å². The number of halogens is 1. The van der Waals surface area contributed by atoms with E-state index in [2.05, 4.69) is 58.3 Å². The zero-order valence-corrected chi connectivity index (χ0v) is 12.0. The fraction of sp³-hybridized carbons (Fsp3) is 0.417. The number of hydrogen-bond donors (Lipinski definition) is 2. The van der Waals surface area contributed by atoms with Crippen molar-refractivity contribution in [3.8, 4) is 0 Å². The Morgan fingerprint density at radius 1 is 1.53 bits per heavy atom. The van der Waals surface area contributed by atoms with Gasteiger partial charge in [0, 0.05) is 35.4 Å². The monoisotopic (exact) mass is 345 g/mol. The molecule has 17 heavy (non-hydrogen) atoms. The molecule has 1 aliphatic rings. The minimum absolute atomic E-state index is 0.0466. The predicted molar refractivity (Wildman–Crippen MR) is 77.4 cm³/mol. The fourth-order valence-corrected chi connectivity index (χ4v) is 2.28. The number of urea groups is 1. The van der Waals surface area contributed by atoms with Gasteiger partial charge in [-0.25, -0.2) is 4.79 Å². The molecule has 2 amide bonds. The first-order valence-corrected chi connectivity index (χ1v) is 6.77. The van der Waals surface area contributed by atoms with Crippen LogP contribution in [0.15, 0.2) is 18.2 Å². The van der Waals surface area contributed by atoms with Crippen molar-refractivity contribution in [3.63, 3.8) is 0 Å². The second-order valence-corrected chi connectivity index (χ2v) is 5.27. The average Bonchev–Trinajstić information content (AvgIpc) is 2.70. The van der Waals surface area contributed by atoms with Crippen LogP contribution in [0.5, 0.6) is 0 Å². The van der Waals surface area contributed by atoms with E-state index < -0.39 is 0 Å². The Morgan fingerprint density at radius 3 is 3.00 bits per heavy atom. The molecule has 1 aromatic rings. The summed E-state index contributed by atoms with van der Waals surface area (Å²) in [7, 11) is 0. The quantitative estimate of drug-likeness (QED) is 0.821. The molecule has 0 aromatic heterocycles. The predicted octanol–water partition coefficient (Wildman–Crippen LogP) is 2.04. The van der Waals surface area contributed by atoms with Gasteiger partial charge in [-0.15, -0.1) is 0 Å². The molecule has 0 atom stereocenters. The average molecular weight is 345 g/mol. The van der Waals surface area contributed by atoms with Gasteiger partial charge in [-0.3, -0.25) is 0 Å². The molecule has 4 nitrogen and oxygen atoms in total. The van der Waals surface area contributed by atoms with Gasteiger partial charge in [0.15, 0.2) is 0 Å². The van der Waals surface area contributed by atoms with Crippen molar-refractivity contribution in [1.29, 1.82) is 0 Å². The van der Waals surface area contributed by atoms with Gasteiger partial charge in [0.05, 0.1) is 0 Å². The fourth-order valence-electron chi connectivity index (χ4n) is 1.76. The van der Waals surface area contributed by atoms with Gasteiger partial charge in [0.2, 0.25) is 0 Å². The molecular formula is C12H16IN3O. The summed E-state index contributed by atoms with van der Waals surface area (Å²) >= 11 is 2.33. The van der Waals surface area contributed by atoms with E-state index in [4.69, 9.17) is 0 Å². The highest BCUT2D eigenvalue weighted by atomic mass is 127. The number of carbonyl (C=O) groups excluding carboxylic acids is 1. The molecule has 92 valence electrons. The molecule has 5 heteroatoms. The Labute approximate surface area is 115 Å². The van der Waals surface area contributed by atoms with E-state index in [-0.39, 0.29) is 6.03 Å². The van der Waals surface area contributed by atoms with Crippen molar-refractivity contribution in [1.82, 2.24) is 10.2 Å². The maximum Gasteiger partial charge on any atom is 0.317 e. The lowest BCUT2D eigenvalue weighted by molar-refractivity contribution is 0.219. The molecule has 0 saturated carbocycles. The van der Waals surface area contributed by atoms with E-state index in [0.29, 0.717) is 0 Å². The summed E-state index contributed by atoms with van der Waals surface area (Å²) < 4.78 is 1.26. The number of nitrogens with zero attached hydrogens (tertiary/aromatic N) is 1. The van der Waals surface area contributed by atoms with E-state index in [1.165, 1.54) is 9.13 Å². The van der Waals surface area contributed by atoms with Gasteiger partial charge in [-0.05, 0) is 47.2 Å². The van der Waals surface area contributed by atoms with Crippen molar-refractivity contribution < 1.29 is 4.79 Å². The van der Waals surface area contributed by atoms with E-state index >= 15 is 0 Å². The summed E-state index contributed by atoms with van der Waals surface area (Å²) in [5, 5.41) is 6.13. The number of hydrogen-bond acceptors (Lipinski definition) is 2. The van der Waals surface area contributed by atoms with Crippen LogP contribution in [0, 0.1) is 10.5 Å². The molecule has 1 heterocycles. The lowest BCUT2D eigenvalue weighted by Gasteiger charge is -2.15. The van der Waals surface area contributed by atoms with E-state index in [1.807, 2.05) is 4.90 Å². The minimum atomic E-state index is 0.0466. The Balaban J connectivity index is 1.81. The number of benzene rings is 1. The van der Waals surface area contributed by atoms with E-state index in [1.54, 1.807) is 0 Å². The number of aryl methyl sites for hydroxylation is 1. The van der Waals surface area contributed by atoms with Crippen LogP contribution in [0.2, 0.25) is 0 Å². The van der Waals surface area contributed by atoms with Gasteiger partial charge in [-0.1, -0.05) is 6.07 Å². The van der Waals surface area contributed by atoms with Crippen molar-refractivity contribution in [2.45, 2.75) is 6.92 Å². The second kappa shape index (κ2) is 5.57. The normalized spacial score (nSPS) is 14.9. The SMILES string of the molecule is Cc1ccc(NCCN2CCNC2=O)cc1I. The van der Waals surface area contributed by atoms with Crippen LogP contribution in [0.3, 0.4) is 0 Å². The molecule has 0 bridgehead atoms. The maximum atomic E-state index is 11.3. The molecule has 2 N–H and O–H groups in total. The molecule has 1 fully saturated rings. The molecule has 1 aromatic carbocycles. The van der Waals surface area contributed by atoms with Crippen molar-refractivity contribution in [2.75, 3.05) is 31.5 Å². The summed E-state index contributed by atoms with van der Waals surface area (Å²) in [6.45, 7) is 5.20. The van der Waals surface area contributed by atoms with Crippen molar-refractivity contribution in [3.05, 3.63) is 27.3 Å². The summed E-state index contributed by atoms with van der Waals surface area (Å²) in [4.78, 5) is 13.1. The molecule has 2 rings (SSSR count).